The molecule has 0 aromatic heterocycles. The van der Waals surface area contributed by atoms with Crippen LogP contribution in [0.3, 0.4) is 0 Å². The minimum Gasteiger partial charge on any atom is -0.352 e. The van der Waals surface area contributed by atoms with E-state index in [1.54, 1.807) is 26.0 Å². The zero-order chi connectivity index (χ0) is 17.0. The molecule has 1 aliphatic heterocycles. The summed E-state index contributed by atoms with van der Waals surface area (Å²) in [5.74, 6) is -0.786. The summed E-state index contributed by atoms with van der Waals surface area (Å²) in [5.41, 5.74) is -0.0855. The van der Waals surface area contributed by atoms with Gasteiger partial charge in [-0.3, -0.25) is 14.5 Å². The fourth-order valence-corrected chi connectivity index (χ4v) is 2.31. The maximum absolute atomic E-state index is 12.8. The lowest BCUT2D eigenvalue weighted by molar-refractivity contribution is -0.130. The van der Waals surface area contributed by atoms with Gasteiger partial charge >= 0.3 is 6.03 Å². The third-order valence-electron chi connectivity index (χ3n) is 3.63. The highest BCUT2D eigenvalue weighted by Gasteiger charge is 2.43. The van der Waals surface area contributed by atoms with Crippen molar-refractivity contribution >= 4 is 17.8 Å². The van der Waals surface area contributed by atoms with Crippen LogP contribution in [0.25, 0.3) is 0 Å². The summed E-state index contributed by atoms with van der Waals surface area (Å²) in [6.07, 6.45) is 0.600. The summed E-state index contributed by atoms with van der Waals surface area (Å²) in [4.78, 5) is 36.5. The molecule has 1 aromatic rings. The molecule has 0 spiro atoms. The summed E-state index contributed by atoms with van der Waals surface area (Å²) < 4.78 is 12.8. The van der Waals surface area contributed by atoms with Gasteiger partial charge in [0.05, 0.1) is 0 Å². The fourth-order valence-electron chi connectivity index (χ4n) is 2.31. The van der Waals surface area contributed by atoms with E-state index in [4.69, 9.17) is 0 Å². The number of carbonyl (C=O) groups excluding carboxylic acids is 3. The van der Waals surface area contributed by atoms with E-state index in [9.17, 15) is 18.8 Å². The van der Waals surface area contributed by atoms with Crippen molar-refractivity contribution in [2.24, 2.45) is 0 Å². The van der Waals surface area contributed by atoms with Crippen molar-refractivity contribution in [2.75, 3.05) is 6.54 Å². The van der Waals surface area contributed by atoms with Crippen LogP contribution in [0, 0.1) is 5.82 Å². The molecule has 23 heavy (non-hydrogen) atoms. The number of amides is 4. The Morgan fingerprint density at radius 1 is 1.26 bits per heavy atom. The molecule has 0 atom stereocenters. The van der Waals surface area contributed by atoms with Gasteiger partial charge in [0.1, 0.15) is 11.4 Å². The van der Waals surface area contributed by atoms with Gasteiger partial charge in [-0.15, -0.1) is 0 Å². The number of benzene rings is 1. The van der Waals surface area contributed by atoms with Gasteiger partial charge in [-0.1, -0.05) is 12.1 Å². The van der Waals surface area contributed by atoms with Crippen molar-refractivity contribution in [1.29, 1.82) is 0 Å². The van der Waals surface area contributed by atoms with Crippen LogP contribution in [-0.2, 0) is 16.1 Å². The molecular weight excluding hydrogens is 301 g/mol. The lowest BCUT2D eigenvalue weighted by atomic mass is 10.1. The van der Waals surface area contributed by atoms with Gasteiger partial charge in [0, 0.05) is 19.5 Å². The molecule has 1 aromatic carbocycles. The highest BCUT2D eigenvalue weighted by atomic mass is 19.1. The van der Waals surface area contributed by atoms with Crippen LogP contribution in [0.15, 0.2) is 24.3 Å². The van der Waals surface area contributed by atoms with Gasteiger partial charge in [-0.25, -0.2) is 9.18 Å². The zero-order valence-electron chi connectivity index (χ0n) is 13.2. The van der Waals surface area contributed by atoms with Crippen LogP contribution < -0.4 is 10.6 Å². The maximum Gasteiger partial charge on any atom is 0.325 e. The first-order chi connectivity index (χ1) is 10.8. The molecular formula is C16H20FN3O3. The van der Waals surface area contributed by atoms with Gasteiger partial charge in [0.25, 0.3) is 5.91 Å². The molecule has 0 saturated carbocycles. The van der Waals surface area contributed by atoms with Crippen LogP contribution >= 0.6 is 0 Å². The first kappa shape index (κ1) is 16.9. The average molecular weight is 321 g/mol. The maximum atomic E-state index is 12.8. The standard InChI is InChI=1S/C16H20FN3O3/c1-16(2)14(22)20(15(23)19-16)9-3-4-13(21)18-10-11-5-7-12(17)8-6-11/h5-8H,3-4,9-10H2,1-2H3,(H,18,21)(H,19,23). The van der Waals surface area contributed by atoms with Crippen LogP contribution in [-0.4, -0.2) is 34.8 Å². The molecule has 124 valence electrons. The molecule has 1 fully saturated rings. The first-order valence-electron chi connectivity index (χ1n) is 7.45. The topological polar surface area (TPSA) is 78.5 Å². The molecule has 4 amide bonds. The van der Waals surface area contributed by atoms with Gasteiger partial charge in [0.15, 0.2) is 0 Å². The van der Waals surface area contributed by atoms with Crippen LogP contribution in [0.1, 0.15) is 32.3 Å². The molecule has 1 heterocycles. The fraction of sp³-hybridized carbons (Fsp3) is 0.438. The predicted octanol–water partition coefficient (Wildman–Crippen LogP) is 1.55. The minimum absolute atomic E-state index is 0.180. The average Bonchev–Trinajstić information content (AvgIpc) is 2.68. The zero-order valence-corrected chi connectivity index (χ0v) is 13.2. The summed E-state index contributed by atoms with van der Waals surface area (Å²) in [6, 6.07) is 5.45. The molecule has 0 bridgehead atoms. The van der Waals surface area contributed by atoms with Crippen molar-refractivity contribution in [1.82, 2.24) is 15.5 Å². The number of halogens is 1. The molecule has 0 aliphatic carbocycles. The van der Waals surface area contributed by atoms with E-state index in [0.29, 0.717) is 13.0 Å². The Balaban J connectivity index is 1.72. The number of rotatable bonds is 6. The van der Waals surface area contributed by atoms with Gasteiger partial charge in [0.2, 0.25) is 5.91 Å². The number of nitrogens with one attached hydrogen (secondary N) is 2. The van der Waals surface area contributed by atoms with Crippen LogP contribution in [0.4, 0.5) is 9.18 Å². The molecule has 1 saturated heterocycles. The molecule has 0 unspecified atom stereocenters. The van der Waals surface area contributed by atoms with Gasteiger partial charge in [-0.2, -0.15) is 0 Å². The Morgan fingerprint density at radius 2 is 1.91 bits per heavy atom. The van der Waals surface area contributed by atoms with Crippen molar-refractivity contribution in [3.8, 4) is 0 Å². The van der Waals surface area contributed by atoms with E-state index in [-0.39, 0.29) is 30.6 Å². The molecule has 0 radical (unpaired) electrons. The summed E-state index contributed by atoms with van der Waals surface area (Å²) in [6.45, 7) is 3.80. The van der Waals surface area contributed by atoms with Crippen LogP contribution in [0.5, 0.6) is 0 Å². The predicted molar refractivity (Wildman–Crippen MR) is 81.8 cm³/mol. The summed E-state index contributed by atoms with van der Waals surface area (Å²) >= 11 is 0. The normalized spacial score (nSPS) is 16.4. The molecule has 2 rings (SSSR count). The molecule has 1 aliphatic rings. The second-order valence-electron chi connectivity index (χ2n) is 6.02. The van der Waals surface area contributed by atoms with Crippen molar-refractivity contribution in [3.05, 3.63) is 35.6 Å². The first-order valence-corrected chi connectivity index (χ1v) is 7.45. The van der Waals surface area contributed by atoms with E-state index >= 15 is 0 Å². The minimum atomic E-state index is -0.887. The second-order valence-corrected chi connectivity index (χ2v) is 6.02. The Bertz CT molecular complexity index is 614. The van der Waals surface area contributed by atoms with Crippen molar-refractivity contribution in [2.45, 2.75) is 38.8 Å². The third kappa shape index (κ3) is 4.28. The van der Waals surface area contributed by atoms with Crippen molar-refractivity contribution < 1.29 is 18.8 Å². The molecule has 6 nitrogen and oxygen atoms in total. The Labute approximate surface area is 134 Å². The number of hydrogen-bond acceptors (Lipinski definition) is 3. The second kappa shape index (κ2) is 6.76. The van der Waals surface area contributed by atoms with Crippen LogP contribution in [0.2, 0.25) is 0 Å². The summed E-state index contributed by atoms with van der Waals surface area (Å²) in [7, 11) is 0. The highest BCUT2D eigenvalue weighted by Crippen LogP contribution is 2.16. The van der Waals surface area contributed by atoms with E-state index in [1.165, 1.54) is 12.1 Å². The highest BCUT2D eigenvalue weighted by molar-refractivity contribution is 6.06. The molecule has 7 heteroatoms. The lowest BCUT2D eigenvalue weighted by Gasteiger charge is -2.15. The number of hydrogen-bond donors (Lipinski definition) is 2. The Hall–Kier alpha value is -2.44. The van der Waals surface area contributed by atoms with E-state index in [1.807, 2.05) is 0 Å². The number of carbonyl (C=O) groups is 3. The lowest BCUT2D eigenvalue weighted by Crippen LogP contribution is -2.40. The quantitative estimate of drug-likeness (QED) is 0.780. The van der Waals surface area contributed by atoms with E-state index < -0.39 is 11.6 Å². The SMILES string of the molecule is CC1(C)NC(=O)N(CCCC(=O)NCc2ccc(F)cc2)C1=O. The monoisotopic (exact) mass is 321 g/mol. The van der Waals surface area contributed by atoms with Gasteiger partial charge < -0.3 is 10.6 Å². The summed E-state index contributed by atoms with van der Waals surface area (Å²) in [5, 5.41) is 5.31. The van der Waals surface area contributed by atoms with Crippen molar-refractivity contribution in [3.63, 3.8) is 0 Å². The Morgan fingerprint density at radius 3 is 2.48 bits per heavy atom. The van der Waals surface area contributed by atoms with E-state index in [0.717, 1.165) is 10.5 Å². The number of urea groups is 1. The molecule has 2 N–H and O–H groups in total. The Kier molecular flexibility index (Phi) is 4.98. The number of nitrogens with zero attached hydrogens (tertiary/aromatic N) is 1. The third-order valence-corrected chi connectivity index (χ3v) is 3.63. The smallest absolute Gasteiger partial charge is 0.325 e. The number of imide groups is 1. The van der Waals surface area contributed by atoms with Gasteiger partial charge in [-0.05, 0) is 38.0 Å². The van der Waals surface area contributed by atoms with E-state index in [2.05, 4.69) is 10.6 Å². The largest absolute Gasteiger partial charge is 0.352 e.